The molecule has 0 spiro atoms. The summed E-state index contributed by atoms with van der Waals surface area (Å²) >= 11 is 2.95. The van der Waals surface area contributed by atoms with Gasteiger partial charge < -0.3 is 14.6 Å². The quantitative estimate of drug-likeness (QED) is 0.525. The fraction of sp³-hybridized carbons (Fsp3) is 0.619. The van der Waals surface area contributed by atoms with Gasteiger partial charge in [-0.3, -0.25) is 4.79 Å². The van der Waals surface area contributed by atoms with Crippen molar-refractivity contribution in [1.82, 2.24) is 14.8 Å². The van der Waals surface area contributed by atoms with Gasteiger partial charge in [0.05, 0.1) is 17.4 Å². The van der Waals surface area contributed by atoms with E-state index in [2.05, 4.69) is 20.1 Å². The van der Waals surface area contributed by atoms with Gasteiger partial charge in [-0.05, 0) is 57.9 Å². The first-order valence-electron chi connectivity index (χ1n) is 10.8. The lowest BCUT2D eigenvalue weighted by Gasteiger charge is -2.14. The number of hydrogen-bond donors (Lipinski definition) is 1. The van der Waals surface area contributed by atoms with Crippen LogP contribution in [0.1, 0.15) is 72.6 Å². The lowest BCUT2D eigenvalue weighted by Crippen LogP contribution is -2.24. The predicted molar refractivity (Wildman–Crippen MR) is 118 cm³/mol. The average Bonchev–Trinajstić information content (AvgIpc) is 3.19. The van der Waals surface area contributed by atoms with E-state index >= 15 is 0 Å². The first-order valence-corrected chi connectivity index (χ1v) is 12.5. The second kappa shape index (κ2) is 9.51. The zero-order valence-electron chi connectivity index (χ0n) is 17.5. The Labute approximate surface area is 185 Å². The number of fused-ring (bicyclic) bond motifs is 2. The summed E-state index contributed by atoms with van der Waals surface area (Å²) < 4.78 is 7.43. The highest BCUT2D eigenvalue weighted by atomic mass is 32.2. The Kier molecular flexibility index (Phi) is 6.77. The first kappa shape index (κ1) is 21.4. The molecule has 2 aromatic heterocycles. The van der Waals surface area contributed by atoms with E-state index in [1.54, 1.807) is 6.92 Å². The molecule has 0 bridgehead atoms. The number of thiophene rings is 1. The Morgan fingerprint density at radius 2 is 1.97 bits per heavy atom. The second-order valence-electron chi connectivity index (χ2n) is 7.75. The van der Waals surface area contributed by atoms with Crippen molar-refractivity contribution in [2.24, 2.45) is 0 Å². The third-order valence-electron chi connectivity index (χ3n) is 5.61. The molecule has 162 valence electrons. The van der Waals surface area contributed by atoms with Crippen molar-refractivity contribution >= 4 is 40.0 Å². The molecule has 0 saturated carbocycles. The molecule has 1 aliphatic carbocycles. The number of rotatable bonds is 6. The topological polar surface area (TPSA) is 86.1 Å². The number of thioether (sulfide) groups is 1. The van der Waals surface area contributed by atoms with Crippen LogP contribution in [-0.4, -0.2) is 38.5 Å². The highest BCUT2D eigenvalue weighted by molar-refractivity contribution is 8.00. The Bertz CT molecular complexity index is 937. The van der Waals surface area contributed by atoms with E-state index in [1.807, 2.05) is 6.92 Å². The molecule has 3 heterocycles. The van der Waals surface area contributed by atoms with Gasteiger partial charge in [-0.1, -0.05) is 18.2 Å². The maximum atomic E-state index is 13.0. The molecular formula is C21H28N4O3S2. The number of aryl methyl sites for hydroxylation is 2. The average molecular weight is 449 g/mol. The van der Waals surface area contributed by atoms with Crippen LogP contribution in [0.15, 0.2) is 5.16 Å². The summed E-state index contributed by atoms with van der Waals surface area (Å²) in [4.78, 5) is 26.8. The molecule has 1 unspecified atom stereocenters. The van der Waals surface area contributed by atoms with Crippen LogP contribution in [0.5, 0.6) is 0 Å². The molecule has 4 rings (SSSR count). The van der Waals surface area contributed by atoms with Crippen molar-refractivity contribution in [2.75, 3.05) is 11.9 Å². The number of aromatic nitrogens is 3. The van der Waals surface area contributed by atoms with Crippen molar-refractivity contribution < 1.29 is 14.3 Å². The number of hydrogen-bond acceptors (Lipinski definition) is 7. The van der Waals surface area contributed by atoms with Gasteiger partial charge in [-0.15, -0.1) is 21.5 Å². The number of ether oxygens (including phenoxy) is 1. The third kappa shape index (κ3) is 4.42. The Balaban J connectivity index is 1.50. The van der Waals surface area contributed by atoms with Crippen LogP contribution in [0.25, 0.3) is 0 Å². The normalized spacial score (nSPS) is 16.9. The van der Waals surface area contributed by atoms with E-state index in [-0.39, 0.29) is 17.1 Å². The molecule has 2 aliphatic rings. The van der Waals surface area contributed by atoms with Gasteiger partial charge in [0, 0.05) is 17.8 Å². The minimum absolute atomic E-state index is 0.130. The van der Waals surface area contributed by atoms with Gasteiger partial charge in [0.15, 0.2) is 5.16 Å². The molecule has 2 aromatic rings. The summed E-state index contributed by atoms with van der Waals surface area (Å²) in [6.45, 7) is 4.90. The highest BCUT2D eigenvalue weighted by Crippen LogP contribution is 2.39. The van der Waals surface area contributed by atoms with Gasteiger partial charge in [0.2, 0.25) is 5.91 Å². The third-order valence-corrected chi connectivity index (χ3v) is 7.90. The van der Waals surface area contributed by atoms with Gasteiger partial charge >= 0.3 is 5.97 Å². The number of anilines is 1. The summed E-state index contributed by atoms with van der Waals surface area (Å²) in [5.74, 6) is 0.545. The molecule has 0 radical (unpaired) electrons. The van der Waals surface area contributed by atoms with Crippen molar-refractivity contribution in [3.63, 3.8) is 0 Å². The van der Waals surface area contributed by atoms with E-state index in [4.69, 9.17) is 4.74 Å². The Hall–Kier alpha value is -1.87. The summed E-state index contributed by atoms with van der Waals surface area (Å²) in [6, 6.07) is 0. The maximum absolute atomic E-state index is 13.0. The summed E-state index contributed by atoms with van der Waals surface area (Å²) in [5, 5.41) is 12.7. The fourth-order valence-electron chi connectivity index (χ4n) is 4.04. The van der Waals surface area contributed by atoms with E-state index in [9.17, 15) is 9.59 Å². The molecule has 7 nitrogen and oxygen atoms in total. The zero-order valence-corrected chi connectivity index (χ0v) is 19.2. The SMILES string of the molecule is CCOC(=O)c1c(NC(=O)C(C)Sc2nnc3n2CCCCC3)sc2c1CCCC2. The van der Waals surface area contributed by atoms with Crippen molar-refractivity contribution in [3.05, 3.63) is 21.8 Å². The molecule has 0 aromatic carbocycles. The van der Waals surface area contributed by atoms with Crippen LogP contribution >= 0.6 is 23.1 Å². The summed E-state index contributed by atoms with van der Waals surface area (Å²) in [5.41, 5.74) is 1.61. The molecule has 1 aliphatic heterocycles. The van der Waals surface area contributed by atoms with Gasteiger partial charge in [-0.2, -0.15) is 0 Å². The predicted octanol–water partition coefficient (Wildman–Crippen LogP) is 4.24. The largest absolute Gasteiger partial charge is 0.462 e. The zero-order chi connectivity index (χ0) is 21.1. The molecule has 0 fully saturated rings. The molecule has 30 heavy (non-hydrogen) atoms. The molecule has 1 amide bonds. The van der Waals surface area contributed by atoms with Gasteiger partial charge in [-0.25, -0.2) is 4.79 Å². The van der Waals surface area contributed by atoms with Crippen LogP contribution < -0.4 is 5.32 Å². The fourth-order valence-corrected chi connectivity index (χ4v) is 6.22. The molecule has 9 heteroatoms. The highest BCUT2D eigenvalue weighted by Gasteiger charge is 2.29. The molecule has 0 saturated heterocycles. The number of carbonyl (C=O) groups is 2. The summed E-state index contributed by atoms with van der Waals surface area (Å²) in [7, 11) is 0. The minimum Gasteiger partial charge on any atom is -0.462 e. The number of nitrogens with zero attached hydrogens (tertiary/aromatic N) is 3. The van der Waals surface area contributed by atoms with Crippen LogP contribution in [0.2, 0.25) is 0 Å². The number of esters is 1. The van der Waals surface area contributed by atoms with Gasteiger partial charge in [0.25, 0.3) is 0 Å². The lowest BCUT2D eigenvalue weighted by atomic mass is 9.95. The van der Waals surface area contributed by atoms with Gasteiger partial charge in [0.1, 0.15) is 10.8 Å². The van der Waals surface area contributed by atoms with Crippen LogP contribution in [0, 0.1) is 0 Å². The number of carbonyl (C=O) groups excluding carboxylic acids is 2. The molecular weight excluding hydrogens is 420 g/mol. The molecule has 1 atom stereocenters. The minimum atomic E-state index is -0.351. The van der Waals surface area contributed by atoms with E-state index in [0.29, 0.717) is 17.2 Å². The van der Waals surface area contributed by atoms with E-state index in [1.165, 1.54) is 34.4 Å². The van der Waals surface area contributed by atoms with Crippen molar-refractivity contribution in [1.29, 1.82) is 0 Å². The van der Waals surface area contributed by atoms with Crippen LogP contribution in [0.3, 0.4) is 0 Å². The standard InChI is InChI=1S/C21H28N4O3S2/c1-3-28-20(27)17-14-9-6-7-10-15(14)30-19(17)22-18(26)13(2)29-21-24-23-16-11-5-4-8-12-25(16)21/h13H,3-12H2,1-2H3,(H,22,26). The lowest BCUT2D eigenvalue weighted by molar-refractivity contribution is -0.115. The number of amides is 1. The second-order valence-corrected chi connectivity index (χ2v) is 10.2. The Morgan fingerprint density at radius 1 is 1.17 bits per heavy atom. The first-order chi connectivity index (χ1) is 14.6. The van der Waals surface area contributed by atoms with Crippen molar-refractivity contribution in [2.45, 2.75) is 82.2 Å². The van der Waals surface area contributed by atoms with Crippen LogP contribution in [0.4, 0.5) is 5.00 Å². The van der Waals surface area contributed by atoms with E-state index < -0.39 is 0 Å². The summed E-state index contributed by atoms with van der Waals surface area (Å²) in [6.07, 6.45) is 8.40. The van der Waals surface area contributed by atoms with Crippen LogP contribution in [-0.2, 0) is 35.3 Å². The smallest absolute Gasteiger partial charge is 0.341 e. The van der Waals surface area contributed by atoms with Crippen molar-refractivity contribution in [3.8, 4) is 0 Å². The van der Waals surface area contributed by atoms with E-state index in [0.717, 1.165) is 68.0 Å². The monoisotopic (exact) mass is 448 g/mol. The molecule has 1 N–H and O–H groups in total. The maximum Gasteiger partial charge on any atom is 0.341 e. The Morgan fingerprint density at radius 3 is 2.80 bits per heavy atom. The number of nitrogens with one attached hydrogen (secondary N) is 1.